The van der Waals surface area contributed by atoms with Gasteiger partial charge in [-0.15, -0.1) is 0 Å². The van der Waals surface area contributed by atoms with Gasteiger partial charge in [-0.3, -0.25) is 9.69 Å². The van der Waals surface area contributed by atoms with Crippen molar-refractivity contribution in [2.75, 3.05) is 19.6 Å². The number of nitrogens with one attached hydrogen (secondary N) is 1. The van der Waals surface area contributed by atoms with Gasteiger partial charge in [-0.1, -0.05) is 48.8 Å². The van der Waals surface area contributed by atoms with E-state index in [0.717, 1.165) is 40.7 Å². The molecule has 2 aromatic rings. The summed E-state index contributed by atoms with van der Waals surface area (Å²) in [5, 5.41) is 7.73. The molecule has 0 saturated heterocycles. The Labute approximate surface area is 160 Å². The zero-order chi connectivity index (χ0) is 19.1. The van der Waals surface area contributed by atoms with Crippen LogP contribution in [0.15, 0.2) is 28.8 Å². The minimum Gasteiger partial charge on any atom is -0.361 e. The van der Waals surface area contributed by atoms with Crippen molar-refractivity contribution in [2.24, 2.45) is 0 Å². The van der Waals surface area contributed by atoms with E-state index in [1.807, 2.05) is 38.1 Å². The maximum atomic E-state index is 12.4. The van der Waals surface area contributed by atoms with Crippen molar-refractivity contribution in [1.29, 1.82) is 0 Å². The van der Waals surface area contributed by atoms with Gasteiger partial charge in [-0.05, 0) is 45.0 Å². The summed E-state index contributed by atoms with van der Waals surface area (Å²) < 4.78 is 5.15. The summed E-state index contributed by atoms with van der Waals surface area (Å²) in [4.78, 5) is 14.7. The lowest BCUT2D eigenvalue weighted by atomic mass is 10.0. The van der Waals surface area contributed by atoms with E-state index in [9.17, 15) is 4.79 Å². The van der Waals surface area contributed by atoms with Crippen LogP contribution in [-0.4, -0.2) is 35.6 Å². The van der Waals surface area contributed by atoms with Crippen LogP contribution in [0.2, 0.25) is 5.02 Å². The first-order valence-electron chi connectivity index (χ1n) is 9.14. The van der Waals surface area contributed by atoms with E-state index >= 15 is 0 Å². The van der Waals surface area contributed by atoms with Gasteiger partial charge in [-0.25, -0.2) is 0 Å². The molecule has 1 N–H and O–H groups in total. The second-order valence-corrected chi connectivity index (χ2v) is 6.77. The maximum Gasteiger partial charge on any atom is 0.220 e. The first kappa shape index (κ1) is 20.5. The molecule has 0 aliphatic rings. The lowest BCUT2D eigenvalue weighted by Gasteiger charge is -2.31. The van der Waals surface area contributed by atoms with Gasteiger partial charge in [0.15, 0.2) is 0 Å². The van der Waals surface area contributed by atoms with Crippen LogP contribution in [0, 0.1) is 13.8 Å². The van der Waals surface area contributed by atoms with Gasteiger partial charge in [-0.2, -0.15) is 0 Å². The third-order valence-electron chi connectivity index (χ3n) is 4.79. The minimum absolute atomic E-state index is 0.0224. The zero-order valence-corrected chi connectivity index (χ0v) is 16.8. The quantitative estimate of drug-likeness (QED) is 0.715. The van der Waals surface area contributed by atoms with E-state index in [4.69, 9.17) is 16.1 Å². The molecule has 0 aliphatic heterocycles. The minimum atomic E-state index is 0.0224. The van der Waals surface area contributed by atoms with Gasteiger partial charge in [0, 0.05) is 23.6 Å². The second-order valence-electron chi connectivity index (χ2n) is 6.37. The van der Waals surface area contributed by atoms with Crippen molar-refractivity contribution in [3.05, 3.63) is 51.9 Å². The van der Waals surface area contributed by atoms with Crippen molar-refractivity contribution in [3.8, 4) is 0 Å². The second kappa shape index (κ2) is 9.74. The molecule has 1 amide bonds. The van der Waals surface area contributed by atoms with E-state index < -0.39 is 0 Å². The highest BCUT2D eigenvalue weighted by Crippen LogP contribution is 2.27. The van der Waals surface area contributed by atoms with E-state index in [2.05, 4.69) is 29.2 Å². The van der Waals surface area contributed by atoms with Gasteiger partial charge in [0.05, 0.1) is 11.7 Å². The predicted octanol–water partition coefficient (Wildman–Crippen LogP) is 4.08. The average Bonchev–Trinajstić information content (AvgIpc) is 2.95. The first-order chi connectivity index (χ1) is 12.5. The molecule has 0 saturated carbocycles. The Morgan fingerprint density at radius 3 is 2.54 bits per heavy atom. The van der Waals surface area contributed by atoms with E-state index in [1.165, 1.54) is 0 Å². The highest BCUT2D eigenvalue weighted by molar-refractivity contribution is 6.31. The summed E-state index contributed by atoms with van der Waals surface area (Å²) in [6, 6.07) is 7.89. The molecule has 1 aromatic carbocycles. The Balaban J connectivity index is 2.00. The van der Waals surface area contributed by atoms with Crippen LogP contribution in [-0.2, 0) is 11.2 Å². The fraction of sp³-hybridized carbons (Fsp3) is 0.500. The number of carbonyl (C=O) groups is 1. The number of rotatable bonds is 9. The molecule has 1 heterocycles. The standard InChI is InChI=1S/C20H28ClN3O2/c1-5-24(6-2)19(17-9-7-8-10-18(17)21)13-22-20(25)12-11-16-14(3)23-26-15(16)4/h7-10,19H,5-6,11-13H2,1-4H3,(H,22,25). The van der Waals surface area contributed by atoms with Crippen molar-refractivity contribution < 1.29 is 9.32 Å². The van der Waals surface area contributed by atoms with Crippen LogP contribution in [0.4, 0.5) is 0 Å². The monoisotopic (exact) mass is 377 g/mol. The van der Waals surface area contributed by atoms with Crippen molar-refractivity contribution >= 4 is 17.5 Å². The Hall–Kier alpha value is -1.85. The maximum absolute atomic E-state index is 12.4. The number of benzene rings is 1. The smallest absolute Gasteiger partial charge is 0.220 e. The van der Waals surface area contributed by atoms with Crippen molar-refractivity contribution in [3.63, 3.8) is 0 Å². The third-order valence-corrected chi connectivity index (χ3v) is 5.14. The van der Waals surface area contributed by atoms with Crippen LogP contribution in [0.25, 0.3) is 0 Å². The molecule has 0 aliphatic carbocycles. The number of aryl methyl sites for hydroxylation is 2. The summed E-state index contributed by atoms with van der Waals surface area (Å²) in [5.74, 6) is 0.807. The molecule has 2 rings (SSSR count). The molecular formula is C20H28ClN3O2. The van der Waals surface area contributed by atoms with Gasteiger partial charge in [0.2, 0.25) is 5.91 Å². The number of amides is 1. The van der Waals surface area contributed by atoms with Crippen molar-refractivity contribution in [1.82, 2.24) is 15.4 Å². The SMILES string of the molecule is CCN(CC)C(CNC(=O)CCc1c(C)noc1C)c1ccccc1Cl. The molecule has 1 atom stereocenters. The highest BCUT2D eigenvalue weighted by atomic mass is 35.5. The molecular weight excluding hydrogens is 350 g/mol. The summed E-state index contributed by atoms with van der Waals surface area (Å²) in [7, 11) is 0. The Kier molecular flexibility index (Phi) is 7.66. The van der Waals surface area contributed by atoms with Crippen LogP contribution >= 0.6 is 11.6 Å². The molecule has 142 valence electrons. The normalized spacial score (nSPS) is 12.4. The number of halogens is 1. The van der Waals surface area contributed by atoms with Crippen LogP contribution in [0.3, 0.4) is 0 Å². The fourth-order valence-electron chi connectivity index (χ4n) is 3.24. The summed E-state index contributed by atoms with van der Waals surface area (Å²) in [6.07, 6.45) is 1.05. The third kappa shape index (κ3) is 5.08. The zero-order valence-electron chi connectivity index (χ0n) is 16.0. The van der Waals surface area contributed by atoms with E-state index in [0.29, 0.717) is 19.4 Å². The van der Waals surface area contributed by atoms with Crippen LogP contribution in [0.5, 0.6) is 0 Å². The average molecular weight is 378 g/mol. The Bertz CT molecular complexity index is 706. The number of aromatic nitrogens is 1. The molecule has 0 fully saturated rings. The number of carbonyl (C=O) groups excluding carboxylic acids is 1. The topological polar surface area (TPSA) is 58.4 Å². The lowest BCUT2D eigenvalue weighted by Crippen LogP contribution is -2.38. The molecule has 0 spiro atoms. The lowest BCUT2D eigenvalue weighted by molar-refractivity contribution is -0.121. The largest absolute Gasteiger partial charge is 0.361 e. The molecule has 0 radical (unpaired) electrons. The summed E-state index contributed by atoms with van der Waals surface area (Å²) >= 11 is 6.40. The fourth-order valence-corrected chi connectivity index (χ4v) is 3.50. The number of likely N-dealkylation sites (N-methyl/N-ethyl adjacent to an activating group) is 1. The van der Waals surface area contributed by atoms with Crippen LogP contribution in [0.1, 0.15) is 48.9 Å². The summed E-state index contributed by atoms with van der Waals surface area (Å²) in [5.41, 5.74) is 2.92. The number of nitrogens with zero attached hydrogens (tertiary/aromatic N) is 2. The molecule has 1 unspecified atom stereocenters. The van der Waals surface area contributed by atoms with Gasteiger partial charge >= 0.3 is 0 Å². The number of hydrogen-bond acceptors (Lipinski definition) is 4. The molecule has 6 heteroatoms. The summed E-state index contributed by atoms with van der Waals surface area (Å²) in [6.45, 7) is 10.3. The molecule has 26 heavy (non-hydrogen) atoms. The Morgan fingerprint density at radius 1 is 1.27 bits per heavy atom. The Morgan fingerprint density at radius 2 is 1.96 bits per heavy atom. The van der Waals surface area contributed by atoms with Crippen LogP contribution < -0.4 is 5.32 Å². The van der Waals surface area contributed by atoms with E-state index in [1.54, 1.807) is 0 Å². The predicted molar refractivity (Wildman–Crippen MR) is 104 cm³/mol. The van der Waals surface area contributed by atoms with Gasteiger partial charge in [0.25, 0.3) is 0 Å². The number of hydrogen-bond donors (Lipinski definition) is 1. The molecule has 1 aromatic heterocycles. The van der Waals surface area contributed by atoms with E-state index in [-0.39, 0.29) is 11.9 Å². The first-order valence-corrected chi connectivity index (χ1v) is 9.52. The van der Waals surface area contributed by atoms with Crippen molar-refractivity contribution in [2.45, 2.75) is 46.6 Å². The van der Waals surface area contributed by atoms with Gasteiger partial charge < -0.3 is 9.84 Å². The molecule has 0 bridgehead atoms. The molecule has 5 nitrogen and oxygen atoms in total. The van der Waals surface area contributed by atoms with Gasteiger partial charge in [0.1, 0.15) is 5.76 Å². The highest BCUT2D eigenvalue weighted by Gasteiger charge is 2.21.